The van der Waals surface area contributed by atoms with Gasteiger partial charge in [0.1, 0.15) is 12.4 Å². The number of likely N-dealkylation sites (tertiary alicyclic amines) is 1. The van der Waals surface area contributed by atoms with Gasteiger partial charge in [0.2, 0.25) is 0 Å². The van der Waals surface area contributed by atoms with Crippen LogP contribution in [0.5, 0.6) is 5.75 Å². The first-order chi connectivity index (χ1) is 8.66. The normalized spacial score (nSPS) is 17.6. The lowest BCUT2D eigenvalue weighted by Crippen LogP contribution is -2.34. The van der Waals surface area contributed by atoms with Crippen LogP contribution < -0.4 is 4.74 Å². The van der Waals surface area contributed by atoms with Gasteiger partial charge in [0.15, 0.2) is 0 Å². The van der Waals surface area contributed by atoms with E-state index >= 15 is 0 Å². The molecule has 1 atom stereocenters. The second-order valence-electron chi connectivity index (χ2n) is 4.65. The number of nitrogens with zero attached hydrogens (tertiary/aromatic N) is 2. The summed E-state index contributed by atoms with van der Waals surface area (Å²) in [6.45, 7) is 5.06. The van der Waals surface area contributed by atoms with Crippen LogP contribution in [0.15, 0.2) is 24.3 Å². The van der Waals surface area contributed by atoms with E-state index in [4.69, 9.17) is 4.74 Å². The van der Waals surface area contributed by atoms with Crippen LogP contribution in [0.4, 0.5) is 5.69 Å². The second kappa shape index (κ2) is 5.82. The average Bonchev–Trinajstić information content (AvgIpc) is 2.90. The Morgan fingerprint density at radius 1 is 1.33 bits per heavy atom. The molecule has 5 nitrogen and oxygen atoms in total. The van der Waals surface area contributed by atoms with Gasteiger partial charge < -0.3 is 4.74 Å². The molecule has 18 heavy (non-hydrogen) atoms. The Morgan fingerprint density at radius 3 is 2.50 bits per heavy atom. The van der Waals surface area contributed by atoms with E-state index in [-0.39, 0.29) is 5.69 Å². The molecule has 1 aromatic rings. The van der Waals surface area contributed by atoms with Crippen molar-refractivity contribution in [1.82, 2.24) is 4.90 Å². The van der Waals surface area contributed by atoms with Crippen LogP contribution in [0.25, 0.3) is 0 Å². The summed E-state index contributed by atoms with van der Waals surface area (Å²) in [6.07, 6.45) is 2.53. The monoisotopic (exact) mass is 250 g/mol. The maximum Gasteiger partial charge on any atom is 0.269 e. The minimum atomic E-state index is -0.406. The minimum absolute atomic E-state index is 0.0925. The number of benzene rings is 1. The fourth-order valence-corrected chi connectivity index (χ4v) is 2.17. The molecule has 1 fully saturated rings. The van der Waals surface area contributed by atoms with Crippen LogP contribution in [0.3, 0.4) is 0 Å². The second-order valence-corrected chi connectivity index (χ2v) is 4.65. The van der Waals surface area contributed by atoms with Crippen LogP contribution in [0, 0.1) is 10.1 Å². The molecule has 1 saturated heterocycles. The molecule has 0 aromatic heterocycles. The molecule has 0 spiro atoms. The van der Waals surface area contributed by atoms with Gasteiger partial charge in [0.25, 0.3) is 5.69 Å². The van der Waals surface area contributed by atoms with Gasteiger partial charge in [0.05, 0.1) is 4.92 Å². The largest absolute Gasteiger partial charge is 0.492 e. The van der Waals surface area contributed by atoms with E-state index in [9.17, 15) is 10.1 Å². The molecule has 0 aliphatic carbocycles. The Kier molecular flexibility index (Phi) is 4.15. The molecular formula is C13H18N2O3. The van der Waals surface area contributed by atoms with Crippen molar-refractivity contribution < 1.29 is 9.66 Å². The number of nitro groups is 1. The summed E-state index contributed by atoms with van der Waals surface area (Å²) >= 11 is 0. The third kappa shape index (κ3) is 3.20. The van der Waals surface area contributed by atoms with Crippen molar-refractivity contribution in [3.8, 4) is 5.75 Å². The molecule has 0 unspecified atom stereocenters. The van der Waals surface area contributed by atoms with Gasteiger partial charge in [-0.05, 0) is 45.0 Å². The lowest BCUT2D eigenvalue weighted by molar-refractivity contribution is -0.384. The smallest absolute Gasteiger partial charge is 0.269 e. The van der Waals surface area contributed by atoms with E-state index < -0.39 is 4.92 Å². The molecule has 1 aromatic carbocycles. The predicted molar refractivity (Wildman–Crippen MR) is 68.9 cm³/mol. The van der Waals surface area contributed by atoms with Crippen LogP contribution in [0.2, 0.25) is 0 Å². The van der Waals surface area contributed by atoms with Crippen LogP contribution in [0.1, 0.15) is 19.8 Å². The number of hydrogen-bond donors (Lipinski definition) is 0. The highest BCUT2D eigenvalue weighted by Gasteiger charge is 2.18. The summed E-state index contributed by atoms with van der Waals surface area (Å²) in [5.41, 5.74) is 0.0925. The molecule has 0 bridgehead atoms. The third-order valence-electron chi connectivity index (χ3n) is 3.30. The number of non-ortho nitro benzene ring substituents is 1. The van der Waals surface area contributed by atoms with Gasteiger partial charge >= 0.3 is 0 Å². The van der Waals surface area contributed by atoms with E-state index in [0.29, 0.717) is 18.4 Å². The summed E-state index contributed by atoms with van der Waals surface area (Å²) in [5.74, 6) is 0.687. The number of hydrogen-bond acceptors (Lipinski definition) is 4. The standard InChI is InChI=1S/C13H18N2O3/c1-11(14-8-2-3-9-14)10-18-13-6-4-12(5-7-13)15(16)17/h4-7,11H,2-3,8-10H2,1H3/t11-/m1/s1. The first kappa shape index (κ1) is 12.8. The van der Waals surface area contributed by atoms with Gasteiger partial charge in [-0.15, -0.1) is 0 Å². The quantitative estimate of drug-likeness (QED) is 0.595. The Balaban J connectivity index is 1.84. The van der Waals surface area contributed by atoms with Crippen molar-refractivity contribution in [2.75, 3.05) is 19.7 Å². The van der Waals surface area contributed by atoms with Gasteiger partial charge in [-0.25, -0.2) is 0 Å². The third-order valence-corrected chi connectivity index (χ3v) is 3.30. The molecule has 2 rings (SSSR count). The van der Waals surface area contributed by atoms with E-state index in [1.165, 1.54) is 25.0 Å². The molecule has 0 saturated carbocycles. The van der Waals surface area contributed by atoms with Crippen LogP contribution >= 0.6 is 0 Å². The zero-order valence-electron chi connectivity index (χ0n) is 10.5. The molecule has 0 N–H and O–H groups in total. The van der Waals surface area contributed by atoms with Gasteiger partial charge in [-0.3, -0.25) is 15.0 Å². The molecule has 0 amide bonds. The first-order valence-corrected chi connectivity index (χ1v) is 6.28. The van der Waals surface area contributed by atoms with Crippen molar-refractivity contribution in [1.29, 1.82) is 0 Å². The van der Waals surface area contributed by atoms with E-state index in [0.717, 1.165) is 13.1 Å². The van der Waals surface area contributed by atoms with Crippen LogP contribution in [-0.4, -0.2) is 35.6 Å². The van der Waals surface area contributed by atoms with Crippen molar-refractivity contribution >= 4 is 5.69 Å². The Hall–Kier alpha value is -1.62. The topological polar surface area (TPSA) is 55.6 Å². The minimum Gasteiger partial charge on any atom is -0.492 e. The predicted octanol–water partition coefficient (Wildman–Crippen LogP) is 2.46. The molecule has 98 valence electrons. The summed E-state index contributed by atoms with van der Waals surface area (Å²) < 4.78 is 5.65. The molecule has 5 heteroatoms. The van der Waals surface area contributed by atoms with Crippen molar-refractivity contribution in [2.24, 2.45) is 0 Å². The number of nitro benzene ring substituents is 1. The van der Waals surface area contributed by atoms with Crippen LogP contribution in [-0.2, 0) is 0 Å². The maximum absolute atomic E-state index is 10.5. The SMILES string of the molecule is C[C@H](COc1ccc([N+](=O)[O-])cc1)N1CCCC1. The average molecular weight is 250 g/mol. The molecule has 1 aliphatic heterocycles. The highest BCUT2D eigenvalue weighted by atomic mass is 16.6. The van der Waals surface area contributed by atoms with E-state index in [2.05, 4.69) is 11.8 Å². The Morgan fingerprint density at radius 2 is 1.94 bits per heavy atom. The molecule has 1 aliphatic rings. The Labute approximate surface area is 107 Å². The summed E-state index contributed by atoms with van der Waals surface area (Å²) in [7, 11) is 0. The molecule has 0 radical (unpaired) electrons. The fraction of sp³-hybridized carbons (Fsp3) is 0.538. The zero-order chi connectivity index (χ0) is 13.0. The summed E-state index contributed by atoms with van der Waals surface area (Å²) in [5, 5.41) is 10.5. The highest BCUT2D eigenvalue weighted by Crippen LogP contribution is 2.18. The number of rotatable bonds is 5. The molecule has 1 heterocycles. The number of ether oxygens (including phenoxy) is 1. The van der Waals surface area contributed by atoms with Gasteiger partial charge in [-0.2, -0.15) is 0 Å². The van der Waals surface area contributed by atoms with Crippen molar-refractivity contribution in [2.45, 2.75) is 25.8 Å². The van der Waals surface area contributed by atoms with Crippen molar-refractivity contribution in [3.63, 3.8) is 0 Å². The maximum atomic E-state index is 10.5. The molecular weight excluding hydrogens is 232 g/mol. The van der Waals surface area contributed by atoms with Crippen molar-refractivity contribution in [3.05, 3.63) is 34.4 Å². The van der Waals surface area contributed by atoms with E-state index in [1.807, 2.05) is 0 Å². The summed E-state index contributed by atoms with van der Waals surface area (Å²) in [4.78, 5) is 12.5. The summed E-state index contributed by atoms with van der Waals surface area (Å²) in [6, 6.07) is 6.62. The van der Waals surface area contributed by atoms with Gasteiger partial charge in [0, 0.05) is 18.2 Å². The lowest BCUT2D eigenvalue weighted by atomic mass is 10.3. The highest BCUT2D eigenvalue weighted by molar-refractivity contribution is 5.35. The fourth-order valence-electron chi connectivity index (χ4n) is 2.17. The van der Waals surface area contributed by atoms with Gasteiger partial charge in [-0.1, -0.05) is 0 Å². The Bertz CT molecular complexity index is 399. The lowest BCUT2D eigenvalue weighted by Gasteiger charge is -2.23. The van der Waals surface area contributed by atoms with E-state index in [1.54, 1.807) is 12.1 Å². The zero-order valence-corrected chi connectivity index (χ0v) is 10.5. The first-order valence-electron chi connectivity index (χ1n) is 6.28.